The average molecular weight is 449 g/mol. The van der Waals surface area contributed by atoms with Crippen LogP contribution in [0.25, 0.3) is 11.1 Å². The summed E-state index contributed by atoms with van der Waals surface area (Å²) >= 11 is 0. The van der Waals surface area contributed by atoms with Gasteiger partial charge in [-0.2, -0.15) is 0 Å². The van der Waals surface area contributed by atoms with Gasteiger partial charge in [0.15, 0.2) is 46.5 Å². The summed E-state index contributed by atoms with van der Waals surface area (Å²) < 4.78 is 131. The SMILES string of the molecule is CCCC(C)CNC.Fc1c(F)c(F)c(-c2c(F)c(F)c(F)c(F)c2F)c(F)c1F. The second-order valence-corrected chi connectivity index (χ2v) is 6.34. The van der Waals surface area contributed by atoms with Crippen LogP contribution in [0.4, 0.5) is 43.9 Å². The Morgan fingerprint density at radius 3 is 1.07 bits per heavy atom. The zero-order chi connectivity index (χ0) is 23.3. The van der Waals surface area contributed by atoms with E-state index in [4.69, 9.17) is 0 Å². The molecule has 0 heterocycles. The van der Waals surface area contributed by atoms with Gasteiger partial charge < -0.3 is 5.32 Å². The molecule has 2 rings (SSSR count). The van der Waals surface area contributed by atoms with Gasteiger partial charge in [0, 0.05) is 0 Å². The van der Waals surface area contributed by atoms with Crippen molar-refractivity contribution in [1.82, 2.24) is 5.32 Å². The summed E-state index contributed by atoms with van der Waals surface area (Å²) in [6.45, 7) is 5.67. The molecule has 30 heavy (non-hydrogen) atoms. The molecule has 0 radical (unpaired) electrons. The third-order valence-corrected chi connectivity index (χ3v) is 4.00. The summed E-state index contributed by atoms with van der Waals surface area (Å²) in [6, 6.07) is 0. The van der Waals surface area contributed by atoms with Crippen molar-refractivity contribution in [3.8, 4) is 11.1 Å². The molecule has 0 aromatic heterocycles. The average Bonchev–Trinajstić information content (AvgIpc) is 2.71. The largest absolute Gasteiger partial charge is 0.319 e. The molecule has 0 amide bonds. The van der Waals surface area contributed by atoms with E-state index < -0.39 is 69.3 Å². The molecule has 0 aliphatic rings. The maximum atomic E-state index is 13.4. The fourth-order valence-electron chi connectivity index (χ4n) is 2.59. The predicted molar refractivity (Wildman–Crippen MR) is 89.5 cm³/mol. The number of hydrogen-bond acceptors (Lipinski definition) is 1. The van der Waals surface area contributed by atoms with Crippen LogP contribution in [0.1, 0.15) is 26.7 Å². The Morgan fingerprint density at radius 2 is 0.833 bits per heavy atom. The van der Waals surface area contributed by atoms with Crippen molar-refractivity contribution < 1.29 is 43.9 Å². The van der Waals surface area contributed by atoms with Gasteiger partial charge >= 0.3 is 0 Å². The fourth-order valence-corrected chi connectivity index (χ4v) is 2.59. The van der Waals surface area contributed by atoms with Gasteiger partial charge in [-0.05, 0) is 25.9 Å². The second-order valence-electron chi connectivity index (χ2n) is 6.34. The van der Waals surface area contributed by atoms with Crippen LogP contribution in [0.5, 0.6) is 0 Å². The topological polar surface area (TPSA) is 12.0 Å². The molecule has 11 heteroatoms. The molecule has 2 aromatic carbocycles. The van der Waals surface area contributed by atoms with Crippen molar-refractivity contribution in [1.29, 1.82) is 0 Å². The number of halogens is 10. The van der Waals surface area contributed by atoms with Crippen LogP contribution in [0.2, 0.25) is 0 Å². The third-order valence-electron chi connectivity index (χ3n) is 4.00. The first-order chi connectivity index (χ1) is 13.9. The van der Waals surface area contributed by atoms with E-state index >= 15 is 0 Å². The van der Waals surface area contributed by atoms with Gasteiger partial charge in [0.1, 0.15) is 0 Å². The van der Waals surface area contributed by atoms with Gasteiger partial charge in [-0.1, -0.05) is 20.3 Å². The standard InChI is InChI=1S/C12F10.C7H17N/c13-3-1(4(14)8(18)11(21)7(3)17)2-5(15)9(19)12(22)10(20)6(2)16;1-4-5-7(2)6-8-3/h;7-8H,4-6H2,1-3H3. The van der Waals surface area contributed by atoms with Crippen molar-refractivity contribution in [3.05, 3.63) is 58.2 Å². The molecule has 168 valence electrons. The number of nitrogens with one attached hydrogen (secondary N) is 1. The van der Waals surface area contributed by atoms with Gasteiger partial charge in [0.2, 0.25) is 11.6 Å². The lowest BCUT2D eigenvalue weighted by Gasteiger charge is -2.11. The number of hydrogen-bond donors (Lipinski definition) is 1. The first-order valence-electron chi connectivity index (χ1n) is 8.59. The van der Waals surface area contributed by atoms with Gasteiger partial charge in [0.05, 0.1) is 11.1 Å². The van der Waals surface area contributed by atoms with E-state index in [-0.39, 0.29) is 0 Å². The van der Waals surface area contributed by atoms with E-state index in [2.05, 4.69) is 19.2 Å². The highest BCUT2D eigenvalue weighted by Crippen LogP contribution is 2.37. The van der Waals surface area contributed by atoms with Crippen LogP contribution >= 0.6 is 0 Å². The van der Waals surface area contributed by atoms with Crippen LogP contribution in [-0.2, 0) is 0 Å². The van der Waals surface area contributed by atoms with E-state index in [1.54, 1.807) is 0 Å². The van der Waals surface area contributed by atoms with Gasteiger partial charge in [-0.15, -0.1) is 0 Å². The zero-order valence-electron chi connectivity index (χ0n) is 16.0. The smallest absolute Gasteiger partial charge is 0.200 e. The normalized spacial score (nSPS) is 11.9. The molecular weight excluding hydrogens is 432 g/mol. The molecule has 0 aliphatic heterocycles. The van der Waals surface area contributed by atoms with Gasteiger partial charge in [0.25, 0.3) is 0 Å². The van der Waals surface area contributed by atoms with Crippen LogP contribution in [-0.4, -0.2) is 13.6 Å². The number of rotatable bonds is 5. The van der Waals surface area contributed by atoms with Crippen LogP contribution in [0.3, 0.4) is 0 Å². The van der Waals surface area contributed by atoms with Gasteiger partial charge in [-0.3, -0.25) is 0 Å². The predicted octanol–water partition coefficient (Wildman–Crippen LogP) is 6.39. The fraction of sp³-hybridized carbons (Fsp3) is 0.368. The highest BCUT2D eigenvalue weighted by molar-refractivity contribution is 5.67. The summed E-state index contributed by atoms with van der Waals surface area (Å²) in [5.74, 6) is -25.8. The Labute approximate surface area is 165 Å². The Balaban J connectivity index is 0.000000479. The van der Waals surface area contributed by atoms with Crippen molar-refractivity contribution >= 4 is 0 Å². The monoisotopic (exact) mass is 449 g/mol. The lowest BCUT2D eigenvalue weighted by molar-refractivity contribution is 0.370. The minimum Gasteiger partial charge on any atom is -0.319 e. The molecule has 1 N–H and O–H groups in total. The third kappa shape index (κ3) is 5.05. The molecule has 1 nitrogen and oxygen atoms in total. The Morgan fingerprint density at radius 1 is 0.567 bits per heavy atom. The molecule has 0 fully saturated rings. The summed E-state index contributed by atoms with van der Waals surface area (Å²) in [7, 11) is 2.01. The number of benzene rings is 2. The highest BCUT2D eigenvalue weighted by Gasteiger charge is 2.34. The maximum Gasteiger partial charge on any atom is 0.200 e. The first kappa shape index (κ1) is 25.7. The summed E-state index contributed by atoms with van der Waals surface area (Å²) in [6.07, 6.45) is 2.66. The minimum absolute atomic E-state index is 0.852. The molecule has 0 bridgehead atoms. The molecular formula is C19H17F10N. The lowest BCUT2D eigenvalue weighted by atomic mass is 10.0. The Hall–Kier alpha value is -2.30. The molecule has 1 unspecified atom stereocenters. The van der Waals surface area contributed by atoms with E-state index in [0.29, 0.717) is 0 Å². The molecule has 0 spiro atoms. The van der Waals surface area contributed by atoms with E-state index in [9.17, 15) is 43.9 Å². The van der Waals surface area contributed by atoms with Crippen molar-refractivity contribution in [2.24, 2.45) is 5.92 Å². The quantitative estimate of drug-likeness (QED) is 0.317. The molecule has 2 aromatic rings. The Kier molecular flexibility index (Phi) is 9.13. The van der Waals surface area contributed by atoms with Crippen molar-refractivity contribution in [2.45, 2.75) is 26.7 Å². The van der Waals surface area contributed by atoms with E-state index in [1.165, 1.54) is 12.8 Å². The summed E-state index contributed by atoms with van der Waals surface area (Å²) in [4.78, 5) is 0. The Bertz CT molecular complexity index is 782. The first-order valence-corrected chi connectivity index (χ1v) is 8.59. The van der Waals surface area contributed by atoms with Crippen molar-refractivity contribution in [2.75, 3.05) is 13.6 Å². The molecule has 1 atom stereocenters. The molecule has 0 saturated heterocycles. The van der Waals surface area contributed by atoms with Crippen LogP contribution in [0, 0.1) is 64.1 Å². The van der Waals surface area contributed by atoms with Crippen LogP contribution in [0.15, 0.2) is 0 Å². The molecule has 0 aliphatic carbocycles. The van der Waals surface area contributed by atoms with E-state index in [1.807, 2.05) is 7.05 Å². The lowest BCUT2D eigenvalue weighted by Crippen LogP contribution is -2.15. The highest BCUT2D eigenvalue weighted by atomic mass is 19.2. The minimum atomic E-state index is -2.68. The molecule has 0 saturated carbocycles. The summed E-state index contributed by atoms with van der Waals surface area (Å²) in [5, 5.41) is 3.15. The summed E-state index contributed by atoms with van der Waals surface area (Å²) in [5.41, 5.74) is -4.52. The zero-order valence-corrected chi connectivity index (χ0v) is 16.0. The maximum absolute atomic E-state index is 13.4. The van der Waals surface area contributed by atoms with Gasteiger partial charge in [-0.25, -0.2) is 43.9 Å². The van der Waals surface area contributed by atoms with Crippen LogP contribution < -0.4 is 5.32 Å². The van der Waals surface area contributed by atoms with E-state index in [0.717, 1.165) is 12.5 Å². The second kappa shape index (κ2) is 10.6. The van der Waals surface area contributed by atoms with Crippen molar-refractivity contribution in [3.63, 3.8) is 0 Å².